The zero-order chi connectivity index (χ0) is 21.2. The van der Waals surface area contributed by atoms with Crippen LogP contribution in [0.3, 0.4) is 0 Å². The third kappa shape index (κ3) is 5.55. The van der Waals surface area contributed by atoms with Crippen LogP contribution in [0.5, 0.6) is 0 Å². The van der Waals surface area contributed by atoms with E-state index in [0.29, 0.717) is 10.4 Å². The SMILES string of the molecule is C=CCN(CC(=O)N[C@H]1CCS(=O)(=O)C1)S(=O)(=O)c1cccc(C(F)(F)F)c1. The summed E-state index contributed by atoms with van der Waals surface area (Å²) in [6.45, 7) is 2.41. The highest BCUT2D eigenvalue weighted by atomic mass is 32.2. The van der Waals surface area contributed by atoms with E-state index in [-0.39, 0.29) is 24.5 Å². The van der Waals surface area contributed by atoms with Crippen LogP contribution in [0.4, 0.5) is 13.2 Å². The Labute approximate surface area is 161 Å². The van der Waals surface area contributed by atoms with Crippen LogP contribution in [0.1, 0.15) is 12.0 Å². The normalized spacial score (nSPS) is 19.5. The lowest BCUT2D eigenvalue weighted by molar-refractivity contribution is -0.137. The van der Waals surface area contributed by atoms with E-state index in [0.717, 1.165) is 18.2 Å². The lowest BCUT2D eigenvalue weighted by atomic mass is 10.2. The number of sulfone groups is 1. The molecule has 1 atom stereocenters. The molecule has 156 valence electrons. The van der Waals surface area contributed by atoms with Gasteiger partial charge in [-0.3, -0.25) is 4.79 Å². The number of nitrogens with zero attached hydrogens (tertiary/aromatic N) is 1. The Hall–Kier alpha value is -1.92. The maximum absolute atomic E-state index is 12.9. The van der Waals surface area contributed by atoms with Gasteiger partial charge in [-0.2, -0.15) is 17.5 Å². The van der Waals surface area contributed by atoms with Crippen LogP contribution < -0.4 is 5.32 Å². The summed E-state index contributed by atoms with van der Waals surface area (Å²) in [6, 6.07) is 2.57. The molecule has 1 amide bonds. The Morgan fingerprint density at radius 2 is 2.04 bits per heavy atom. The first kappa shape index (κ1) is 22.4. The maximum atomic E-state index is 12.9. The van der Waals surface area contributed by atoms with Gasteiger partial charge < -0.3 is 5.32 Å². The van der Waals surface area contributed by atoms with Crippen molar-refractivity contribution in [3.8, 4) is 0 Å². The topological polar surface area (TPSA) is 101 Å². The molecule has 1 saturated heterocycles. The van der Waals surface area contributed by atoms with Crippen molar-refractivity contribution in [1.82, 2.24) is 9.62 Å². The second kappa shape index (κ2) is 8.21. The highest BCUT2D eigenvalue weighted by Gasteiger charge is 2.34. The average molecular weight is 440 g/mol. The molecule has 1 heterocycles. The summed E-state index contributed by atoms with van der Waals surface area (Å²) in [4.78, 5) is 11.6. The van der Waals surface area contributed by atoms with Crippen molar-refractivity contribution in [2.24, 2.45) is 0 Å². The van der Waals surface area contributed by atoms with Gasteiger partial charge in [-0.1, -0.05) is 12.1 Å². The van der Waals surface area contributed by atoms with Gasteiger partial charge in [-0.05, 0) is 24.6 Å². The first-order chi connectivity index (χ1) is 12.8. The minimum Gasteiger partial charge on any atom is -0.351 e. The van der Waals surface area contributed by atoms with Crippen LogP contribution in [-0.4, -0.2) is 57.7 Å². The Kier molecular flexibility index (Phi) is 6.56. The number of hydrogen-bond donors (Lipinski definition) is 1. The second-order valence-electron chi connectivity index (χ2n) is 6.28. The third-order valence-electron chi connectivity index (χ3n) is 4.05. The lowest BCUT2D eigenvalue weighted by Gasteiger charge is -2.22. The van der Waals surface area contributed by atoms with E-state index in [1.54, 1.807) is 0 Å². The minimum absolute atomic E-state index is 0.0726. The molecule has 1 aromatic carbocycles. The number of nitrogens with one attached hydrogen (secondary N) is 1. The summed E-state index contributed by atoms with van der Waals surface area (Å²) in [5.41, 5.74) is -1.13. The van der Waals surface area contributed by atoms with Crippen LogP contribution >= 0.6 is 0 Å². The molecule has 2 rings (SSSR count). The number of amides is 1. The van der Waals surface area contributed by atoms with Crippen molar-refractivity contribution >= 4 is 25.8 Å². The summed E-state index contributed by atoms with van der Waals surface area (Å²) in [5.74, 6) is -1.06. The number of hydrogen-bond acceptors (Lipinski definition) is 5. The standard InChI is InChI=1S/C16H19F3N2O5S2/c1-2-7-21(10-15(22)20-13-6-8-27(23,24)11-13)28(25,26)14-5-3-4-12(9-14)16(17,18)19/h2-5,9,13H,1,6-8,10-11H2,(H,20,22)/t13-/m0/s1. The van der Waals surface area contributed by atoms with E-state index >= 15 is 0 Å². The number of rotatable bonds is 7. The molecule has 28 heavy (non-hydrogen) atoms. The van der Waals surface area contributed by atoms with Gasteiger partial charge in [-0.25, -0.2) is 16.8 Å². The van der Waals surface area contributed by atoms with Gasteiger partial charge in [0.1, 0.15) is 0 Å². The molecule has 1 fully saturated rings. The van der Waals surface area contributed by atoms with Gasteiger partial charge in [0.25, 0.3) is 0 Å². The van der Waals surface area contributed by atoms with Crippen LogP contribution in [0, 0.1) is 0 Å². The summed E-state index contributed by atoms with van der Waals surface area (Å²) in [6.07, 6.45) is -3.31. The van der Waals surface area contributed by atoms with Crippen molar-refractivity contribution in [2.75, 3.05) is 24.6 Å². The van der Waals surface area contributed by atoms with E-state index in [1.165, 1.54) is 6.08 Å². The highest BCUT2D eigenvalue weighted by Crippen LogP contribution is 2.31. The minimum atomic E-state index is -4.72. The van der Waals surface area contributed by atoms with Gasteiger partial charge >= 0.3 is 6.18 Å². The number of carbonyl (C=O) groups excluding carboxylic acids is 1. The fourth-order valence-electron chi connectivity index (χ4n) is 2.72. The molecular weight excluding hydrogens is 421 g/mol. The van der Waals surface area contributed by atoms with Crippen LogP contribution in [0.15, 0.2) is 41.8 Å². The molecule has 1 N–H and O–H groups in total. The Morgan fingerprint density at radius 3 is 2.57 bits per heavy atom. The molecule has 7 nitrogen and oxygen atoms in total. The molecule has 12 heteroatoms. The lowest BCUT2D eigenvalue weighted by Crippen LogP contribution is -2.44. The first-order valence-electron chi connectivity index (χ1n) is 8.13. The van der Waals surface area contributed by atoms with Crippen molar-refractivity contribution in [3.63, 3.8) is 0 Å². The van der Waals surface area contributed by atoms with Crippen LogP contribution in [0.25, 0.3) is 0 Å². The molecule has 1 aliphatic heterocycles. The molecule has 0 aromatic heterocycles. The molecule has 1 aromatic rings. The van der Waals surface area contributed by atoms with Crippen LogP contribution in [0.2, 0.25) is 0 Å². The summed E-state index contributed by atoms with van der Waals surface area (Å²) < 4.78 is 87.6. The van der Waals surface area contributed by atoms with E-state index in [9.17, 15) is 34.8 Å². The van der Waals surface area contributed by atoms with Crippen molar-refractivity contribution in [1.29, 1.82) is 0 Å². The van der Waals surface area contributed by atoms with Gasteiger partial charge in [0.15, 0.2) is 9.84 Å². The Morgan fingerprint density at radius 1 is 1.36 bits per heavy atom. The largest absolute Gasteiger partial charge is 0.416 e. The number of benzene rings is 1. The smallest absolute Gasteiger partial charge is 0.351 e. The number of sulfonamides is 1. The fraction of sp³-hybridized carbons (Fsp3) is 0.438. The molecule has 0 unspecified atom stereocenters. The van der Waals surface area contributed by atoms with E-state index < -0.39 is 55.0 Å². The summed E-state index contributed by atoms with van der Waals surface area (Å²) in [5, 5.41) is 2.44. The average Bonchev–Trinajstić information content (AvgIpc) is 2.92. The van der Waals surface area contributed by atoms with Crippen molar-refractivity contribution in [3.05, 3.63) is 42.5 Å². The number of carbonyl (C=O) groups is 1. The molecule has 0 radical (unpaired) electrons. The first-order valence-corrected chi connectivity index (χ1v) is 11.4. The molecule has 1 aliphatic rings. The summed E-state index contributed by atoms with van der Waals surface area (Å²) in [7, 11) is -7.65. The van der Waals surface area contributed by atoms with Gasteiger partial charge in [0.05, 0.1) is 28.5 Å². The predicted molar refractivity (Wildman–Crippen MR) is 95.6 cm³/mol. The van der Waals surface area contributed by atoms with E-state index in [2.05, 4.69) is 11.9 Å². The molecule has 0 spiro atoms. The Balaban J connectivity index is 2.20. The maximum Gasteiger partial charge on any atom is 0.416 e. The quantitative estimate of drug-likeness (QED) is 0.642. The highest BCUT2D eigenvalue weighted by molar-refractivity contribution is 7.91. The second-order valence-corrected chi connectivity index (χ2v) is 10.4. The molecule has 0 aliphatic carbocycles. The Bertz CT molecular complexity index is 959. The fourth-order valence-corrected chi connectivity index (χ4v) is 5.80. The molecular formula is C16H19F3N2O5S2. The van der Waals surface area contributed by atoms with E-state index in [1.807, 2.05) is 0 Å². The number of halogens is 3. The third-order valence-corrected chi connectivity index (χ3v) is 7.62. The van der Waals surface area contributed by atoms with Gasteiger partial charge in [-0.15, -0.1) is 6.58 Å². The van der Waals surface area contributed by atoms with Gasteiger partial charge in [0, 0.05) is 12.6 Å². The van der Waals surface area contributed by atoms with Crippen molar-refractivity contribution in [2.45, 2.75) is 23.5 Å². The number of alkyl halides is 3. The zero-order valence-corrected chi connectivity index (χ0v) is 16.3. The van der Waals surface area contributed by atoms with Crippen molar-refractivity contribution < 1.29 is 34.8 Å². The monoisotopic (exact) mass is 440 g/mol. The molecule has 0 saturated carbocycles. The summed E-state index contributed by atoms with van der Waals surface area (Å²) >= 11 is 0. The van der Waals surface area contributed by atoms with Gasteiger partial charge in [0.2, 0.25) is 15.9 Å². The zero-order valence-electron chi connectivity index (χ0n) is 14.6. The predicted octanol–water partition coefficient (Wildman–Crippen LogP) is 1.19. The molecule has 0 bridgehead atoms. The van der Waals surface area contributed by atoms with E-state index in [4.69, 9.17) is 0 Å². The van der Waals surface area contributed by atoms with Crippen LogP contribution in [-0.2, 0) is 30.8 Å².